The molecule has 9 aromatic carbocycles. The van der Waals surface area contributed by atoms with Gasteiger partial charge in [0.1, 0.15) is 11.2 Å². The molecule has 0 amide bonds. The summed E-state index contributed by atoms with van der Waals surface area (Å²) < 4.78 is 7.38. The lowest BCUT2D eigenvalue weighted by Crippen LogP contribution is -2.26. The number of halogens is 1. The summed E-state index contributed by atoms with van der Waals surface area (Å²) in [7, 11) is 0. The van der Waals surface area contributed by atoms with Gasteiger partial charge in [-0.2, -0.15) is 0 Å². The van der Waals surface area contributed by atoms with Gasteiger partial charge in [-0.15, -0.1) is 0 Å². The lowest BCUT2D eigenvalue weighted by Gasteiger charge is -2.34. The number of rotatable bonds is 6. The molecule has 12 rings (SSSR count). The molecular formula is C71H67ClN2O. The molecule has 2 aliphatic rings. The van der Waals surface area contributed by atoms with E-state index in [1.165, 1.54) is 55.6 Å². The Labute approximate surface area is 449 Å². The van der Waals surface area contributed by atoms with E-state index in [2.05, 4.69) is 275 Å². The smallest absolute Gasteiger partial charge is 0.145 e. The van der Waals surface area contributed by atoms with Crippen molar-refractivity contribution in [3.63, 3.8) is 0 Å². The molecule has 0 aliphatic heterocycles. The molecule has 3 nitrogen and oxygen atoms in total. The number of anilines is 6. The predicted molar refractivity (Wildman–Crippen MR) is 319 cm³/mol. The summed E-state index contributed by atoms with van der Waals surface area (Å²) >= 11 is 7.26. The molecule has 0 N–H and O–H groups in total. The second-order valence-electron chi connectivity index (χ2n) is 25.2. The predicted octanol–water partition coefficient (Wildman–Crippen LogP) is 20.7. The molecule has 1 atom stereocenters. The van der Waals surface area contributed by atoms with Gasteiger partial charge in [0.05, 0.1) is 16.5 Å². The lowest BCUT2D eigenvalue weighted by molar-refractivity contribution is 0.590. The first-order valence-electron chi connectivity index (χ1n) is 26.7. The summed E-state index contributed by atoms with van der Waals surface area (Å²) in [5, 5.41) is 2.86. The van der Waals surface area contributed by atoms with Crippen molar-refractivity contribution in [3.05, 3.63) is 238 Å². The molecular weight excluding hydrogens is 932 g/mol. The first-order chi connectivity index (χ1) is 35.6. The monoisotopic (exact) mass is 998 g/mol. The largest absolute Gasteiger partial charge is 0.455 e. The maximum absolute atomic E-state index is 7.38. The summed E-state index contributed by atoms with van der Waals surface area (Å²) in [6, 6.07) is 70.5. The molecule has 374 valence electrons. The van der Waals surface area contributed by atoms with E-state index in [1.807, 2.05) is 6.07 Å². The first-order valence-corrected chi connectivity index (χ1v) is 27.1. The van der Waals surface area contributed by atoms with E-state index in [4.69, 9.17) is 16.0 Å². The van der Waals surface area contributed by atoms with Crippen LogP contribution in [-0.2, 0) is 27.1 Å². The van der Waals surface area contributed by atoms with Crippen LogP contribution < -0.4 is 9.80 Å². The van der Waals surface area contributed by atoms with E-state index in [1.54, 1.807) is 0 Å². The Hall–Kier alpha value is -7.33. The van der Waals surface area contributed by atoms with Crippen molar-refractivity contribution in [2.45, 2.75) is 110 Å². The minimum atomic E-state index is -0.783. The zero-order valence-corrected chi connectivity index (χ0v) is 46.3. The Morgan fingerprint density at radius 1 is 0.373 bits per heavy atom. The Morgan fingerprint density at radius 3 is 1.32 bits per heavy atom. The SMILES string of the molecule is CC(C)(C)c1ccc(N(c2ccc(C(C)(C)C)cc2)c2ccc3c(c2)C2(c4ccccc4-c4ccc(Cl)cc42)c2cc(N(c4ccc(C(C)(C)C)cc4)c4ccc(C(C)(C)C)cc4)c4c(oc5ccccc54)c2-3)cc1. The highest BCUT2D eigenvalue weighted by Crippen LogP contribution is 2.66. The van der Waals surface area contributed by atoms with Crippen LogP contribution in [0.2, 0.25) is 5.02 Å². The highest BCUT2D eigenvalue weighted by molar-refractivity contribution is 6.31. The maximum atomic E-state index is 7.38. The highest BCUT2D eigenvalue weighted by atomic mass is 35.5. The molecule has 75 heavy (non-hydrogen) atoms. The van der Waals surface area contributed by atoms with E-state index >= 15 is 0 Å². The van der Waals surface area contributed by atoms with Crippen molar-refractivity contribution in [2.24, 2.45) is 0 Å². The van der Waals surface area contributed by atoms with Gasteiger partial charge in [-0.1, -0.05) is 198 Å². The van der Waals surface area contributed by atoms with Crippen LogP contribution in [0.4, 0.5) is 34.1 Å². The van der Waals surface area contributed by atoms with Crippen molar-refractivity contribution in [2.75, 3.05) is 9.80 Å². The average molecular weight is 1000 g/mol. The fourth-order valence-corrected chi connectivity index (χ4v) is 12.3. The third-order valence-electron chi connectivity index (χ3n) is 16.2. The molecule has 0 fully saturated rings. The van der Waals surface area contributed by atoms with Gasteiger partial charge >= 0.3 is 0 Å². The van der Waals surface area contributed by atoms with Gasteiger partial charge in [0.2, 0.25) is 0 Å². The second kappa shape index (κ2) is 17.1. The molecule has 1 spiro atoms. The van der Waals surface area contributed by atoms with Gasteiger partial charge < -0.3 is 14.2 Å². The van der Waals surface area contributed by atoms with E-state index in [0.29, 0.717) is 5.02 Å². The summed E-state index contributed by atoms with van der Waals surface area (Å²) in [6.45, 7) is 27.4. The van der Waals surface area contributed by atoms with Crippen molar-refractivity contribution < 1.29 is 4.42 Å². The zero-order chi connectivity index (χ0) is 52.6. The summed E-state index contributed by atoms with van der Waals surface area (Å²) in [5.41, 5.74) is 22.0. The van der Waals surface area contributed by atoms with Gasteiger partial charge in [0, 0.05) is 44.4 Å². The number of furan rings is 1. The molecule has 10 aromatic rings. The van der Waals surface area contributed by atoms with Crippen LogP contribution in [0.15, 0.2) is 192 Å². The van der Waals surface area contributed by atoms with Crippen molar-refractivity contribution in [1.29, 1.82) is 0 Å². The van der Waals surface area contributed by atoms with E-state index in [0.717, 1.165) is 67.2 Å². The van der Waals surface area contributed by atoms with Gasteiger partial charge in [-0.25, -0.2) is 0 Å². The van der Waals surface area contributed by atoms with Crippen LogP contribution in [0.25, 0.3) is 44.2 Å². The first kappa shape index (κ1) is 48.6. The molecule has 0 saturated heterocycles. The maximum Gasteiger partial charge on any atom is 0.145 e. The molecule has 1 heterocycles. The standard InChI is InChI=1S/C71H67ClN2O/c1-67(2,3)44-21-30-49(31-22-44)73(50-32-23-45(24-33-50)68(4,5)6)53-38-40-56-60(42-53)71(58-19-15-13-17-54(58)55-39-29-48(72)41-59(55)71)61-43-62(65-57-18-14-16-20-63(57)75-66(65)64(56)61)74(51-34-25-46(26-35-51)69(7,8)9)52-36-27-47(28-37-52)70(10,11)12/h13-43H,1-12H3. The number of fused-ring (bicyclic) bond motifs is 14. The van der Waals surface area contributed by atoms with Crippen molar-refractivity contribution in [3.8, 4) is 22.3 Å². The molecule has 2 aliphatic carbocycles. The van der Waals surface area contributed by atoms with Crippen LogP contribution in [0.5, 0.6) is 0 Å². The lowest BCUT2D eigenvalue weighted by atomic mass is 9.70. The number of benzene rings is 9. The zero-order valence-electron chi connectivity index (χ0n) is 45.6. The molecule has 0 bridgehead atoms. The van der Waals surface area contributed by atoms with E-state index in [9.17, 15) is 0 Å². The molecule has 1 aromatic heterocycles. The van der Waals surface area contributed by atoms with Gasteiger partial charge in [-0.3, -0.25) is 0 Å². The molecule has 1 unspecified atom stereocenters. The Bertz CT molecular complexity index is 3740. The number of hydrogen-bond acceptors (Lipinski definition) is 3. The normalized spacial score (nSPS) is 15.1. The number of nitrogens with zero attached hydrogens (tertiary/aromatic N) is 2. The van der Waals surface area contributed by atoms with Crippen LogP contribution in [0.3, 0.4) is 0 Å². The van der Waals surface area contributed by atoms with Crippen molar-refractivity contribution in [1.82, 2.24) is 0 Å². The van der Waals surface area contributed by atoms with Crippen LogP contribution >= 0.6 is 11.6 Å². The van der Waals surface area contributed by atoms with Crippen molar-refractivity contribution >= 4 is 67.7 Å². The second-order valence-corrected chi connectivity index (χ2v) is 25.6. The number of hydrogen-bond donors (Lipinski definition) is 0. The highest BCUT2D eigenvalue weighted by Gasteiger charge is 2.53. The average Bonchev–Trinajstić information content (AvgIpc) is 4.13. The third kappa shape index (κ3) is 7.83. The molecule has 0 saturated carbocycles. The topological polar surface area (TPSA) is 19.6 Å². The van der Waals surface area contributed by atoms with E-state index in [-0.39, 0.29) is 21.7 Å². The van der Waals surface area contributed by atoms with Gasteiger partial charge in [-0.05, 0) is 168 Å². The Balaban J connectivity index is 1.19. The summed E-state index contributed by atoms with van der Waals surface area (Å²) in [5.74, 6) is 0. The third-order valence-corrected chi connectivity index (χ3v) is 16.4. The Kier molecular flexibility index (Phi) is 11.1. The number of para-hydroxylation sites is 1. The quantitative estimate of drug-likeness (QED) is 0.165. The van der Waals surface area contributed by atoms with Crippen LogP contribution in [0.1, 0.15) is 128 Å². The van der Waals surface area contributed by atoms with Crippen LogP contribution in [-0.4, -0.2) is 0 Å². The Morgan fingerprint density at radius 2 is 0.800 bits per heavy atom. The molecule has 4 heteroatoms. The minimum Gasteiger partial charge on any atom is -0.455 e. The fourth-order valence-electron chi connectivity index (χ4n) is 12.1. The summed E-state index contributed by atoms with van der Waals surface area (Å²) in [6.07, 6.45) is 0. The van der Waals surface area contributed by atoms with Crippen LogP contribution in [0, 0.1) is 0 Å². The van der Waals surface area contributed by atoms with Gasteiger partial charge in [0.15, 0.2) is 0 Å². The minimum absolute atomic E-state index is 0.0101. The van der Waals surface area contributed by atoms with E-state index < -0.39 is 5.41 Å². The van der Waals surface area contributed by atoms with Gasteiger partial charge in [0.25, 0.3) is 0 Å². The fraction of sp³-hybridized carbons (Fsp3) is 0.239. The summed E-state index contributed by atoms with van der Waals surface area (Å²) in [4.78, 5) is 4.90. The molecule has 0 radical (unpaired) electrons.